The molecule has 2 aliphatic carbocycles. The molecule has 0 spiro atoms. The van der Waals surface area contributed by atoms with E-state index in [1.165, 1.54) is 38.5 Å². The van der Waals surface area contributed by atoms with Crippen LogP contribution in [0.1, 0.15) is 65.7 Å². The number of hydrogen-bond donors (Lipinski definition) is 3. The van der Waals surface area contributed by atoms with Crippen molar-refractivity contribution in [3.63, 3.8) is 0 Å². The van der Waals surface area contributed by atoms with E-state index in [1.807, 2.05) is 0 Å². The summed E-state index contributed by atoms with van der Waals surface area (Å²) >= 11 is 0. The van der Waals surface area contributed by atoms with Gasteiger partial charge in [0.05, 0.1) is 0 Å². The largest absolute Gasteiger partial charge is 0.396 e. The molecule has 0 bridgehead atoms. The molecule has 4 unspecified atom stereocenters. The smallest absolute Gasteiger partial charge is 0.0474 e. The van der Waals surface area contributed by atoms with Crippen molar-refractivity contribution >= 4 is 0 Å². The van der Waals surface area contributed by atoms with E-state index in [0.29, 0.717) is 29.9 Å². The summed E-state index contributed by atoms with van der Waals surface area (Å²) in [7, 11) is 0. The number of aliphatic hydroxyl groups is 1. The van der Waals surface area contributed by atoms with Crippen LogP contribution in [0.25, 0.3) is 0 Å². The third-order valence-corrected chi connectivity index (χ3v) is 6.03. The van der Waals surface area contributed by atoms with Gasteiger partial charge in [0.2, 0.25) is 0 Å². The predicted molar refractivity (Wildman–Crippen MR) is 84.5 cm³/mol. The van der Waals surface area contributed by atoms with Gasteiger partial charge in [-0.15, -0.1) is 0 Å². The zero-order valence-corrected chi connectivity index (χ0v) is 13.6. The number of aliphatic hydroxyl groups excluding tert-OH is 1. The highest BCUT2D eigenvalue weighted by molar-refractivity contribution is 5.03. The van der Waals surface area contributed by atoms with Crippen molar-refractivity contribution in [1.29, 1.82) is 0 Å². The van der Waals surface area contributed by atoms with Gasteiger partial charge in [-0.05, 0) is 49.4 Å². The second-order valence-corrected chi connectivity index (χ2v) is 8.11. The van der Waals surface area contributed by atoms with Crippen molar-refractivity contribution in [2.75, 3.05) is 13.2 Å². The maximum absolute atomic E-state index is 9.63. The van der Waals surface area contributed by atoms with Gasteiger partial charge in [0.1, 0.15) is 0 Å². The van der Waals surface area contributed by atoms with Gasteiger partial charge in [0.25, 0.3) is 0 Å². The van der Waals surface area contributed by atoms with Crippen molar-refractivity contribution in [3.05, 3.63) is 0 Å². The first-order chi connectivity index (χ1) is 9.42. The van der Waals surface area contributed by atoms with Crippen LogP contribution in [0.4, 0.5) is 0 Å². The molecule has 2 saturated carbocycles. The van der Waals surface area contributed by atoms with Gasteiger partial charge in [0, 0.05) is 24.7 Å². The summed E-state index contributed by atoms with van der Waals surface area (Å²) in [5.74, 6) is 1.03. The standard InChI is InChI=1S/C17H34N2O/c1-13-10-16(2,3)8-9-17(13,12-18)19-15-7-5-4-6-14(15)11-20/h13-15,19-20H,4-12,18H2,1-3H3. The maximum atomic E-state index is 9.63. The second kappa shape index (κ2) is 6.33. The summed E-state index contributed by atoms with van der Waals surface area (Å²) in [5.41, 5.74) is 6.73. The molecule has 0 radical (unpaired) electrons. The highest BCUT2D eigenvalue weighted by atomic mass is 16.3. The van der Waals surface area contributed by atoms with Crippen LogP contribution in [-0.4, -0.2) is 29.8 Å². The highest BCUT2D eigenvalue weighted by Crippen LogP contribution is 2.44. The van der Waals surface area contributed by atoms with E-state index >= 15 is 0 Å². The highest BCUT2D eigenvalue weighted by Gasteiger charge is 2.44. The zero-order valence-electron chi connectivity index (χ0n) is 13.6. The van der Waals surface area contributed by atoms with Gasteiger partial charge in [0.15, 0.2) is 0 Å². The van der Waals surface area contributed by atoms with Crippen LogP contribution < -0.4 is 11.1 Å². The van der Waals surface area contributed by atoms with Crippen molar-refractivity contribution in [1.82, 2.24) is 5.32 Å². The van der Waals surface area contributed by atoms with E-state index in [9.17, 15) is 5.11 Å². The SMILES string of the molecule is CC1CC(C)(C)CCC1(CN)NC1CCCCC1CO. The first kappa shape index (κ1) is 16.3. The maximum Gasteiger partial charge on any atom is 0.0474 e. The molecule has 0 aliphatic heterocycles. The van der Waals surface area contributed by atoms with Crippen LogP contribution in [0.3, 0.4) is 0 Å². The van der Waals surface area contributed by atoms with E-state index in [-0.39, 0.29) is 5.54 Å². The number of nitrogens with two attached hydrogens (primary N) is 1. The lowest BCUT2D eigenvalue weighted by molar-refractivity contribution is 0.0459. The van der Waals surface area contributed by atoms with Crippen molar-refractivity contribution in [2.45, 2.75) is 77.3 Å². The molecular formula is C17H34N2O. The zero-order chi connectivity index (χ0) is 14.8. The molecule has 0 saturated heterocycles. The molecule has 2 rings (SSSR count). The van der Waals surface area contributed by atoms with Crippen molar-refractivity contribution in [2.24, 2.45) is 23.0 Å². The Morgan fingerprint density at radius 1 is 1.20 bits per heavy atom. The Kier molecular flexibility index (Phi) is 5.14. The molecule has 0 amide bonds. The third kappa shape index (κ3) is 3.37. The average molecular weight is 282 g/mol. The van der Waals surface area contributed by atoms with Crippen molar-refractivity contribution < 1.29 is 5.11 Å². The molecule has 118 valence electrons. The lowest BCUT2D eigenvalue weighted by Crippen LogP contribution is -2.63. The summed E-state index contributed by atoms with van der Waals surface area (Å²) in [6.45, 7) is 8.15. The van der Waals surface area contributed by atoms with Gasteiger partial charge >= 0.3 is 0 Å². The Labute approximate surface area is 124 Å². The van der Waals surface area contributed by atoms with E-state index in [1.54, 1.807) is 0 Å². The van der Waals surface area contributed by atoms with E-state index in [0.717, 1.165) is 13.0 Å². The molecule has 0 aromatic carbocycles. The normalized spacial score (nSPS) is 41.5. The second-order valence-electron chi connectivity index (χ2n) is 8.11. The summed E-state index contributed by atoms with van der Waals surface area (Å²) in [4.78, 5) is 0. The monoisotopic (exact) mass is 282 g/mol. The minimum Gasteiger partial charge on any atom is -0.396 e. The lowest BCUT2D eigenvalue weighted by atomic mass is 9.63. The fourth-order valence-electron chi connectivity index (χ4n) is 4.50. The summed E-state index contributed by atoms with van der Waals surface area (Å²) in [6, 6.07) is 0.459. The molecule has 2 aliphatic rings. The number of nitrogens with one attached hydrogen (secondary N) is 1. The van der Waals surface area contributed by atoms with Crippen LogP contribution in [0, 0.1) is 17.3 Å². The first-order valence-corrected chi connectivity index (χ1v) is 8.51. The van der Waals surface area contributed by atoms with Crippen molar-refractivity contribution in [3.8, 4) is 0 Å². The van der Waals surface area contributed by atoms with E-state index in [2.05, 4.69) is 26.1 Å². The van der Waals surface area contributed by atoms with Gasteiger partial charge in [-0.2, -0.15) is 0 Å². The van der Waals surface area contributed by atoms with Crippen LogP contribution in [0.15, 0.2) is 0 Å². The number of rotatable bonds is 4. The Bertz CT molecular complexity index is 318. The average Bonchev–Trinajstić information content (AvgIpc) is 2.42. The minimum atomic E-state index is 0.0882. The molecule has 0 aromatic heterocycles. The summed E-state index contributed by atoms with van der Waals surface area (Å²) in [6.07, 6.45) is 8.58. The van der Waals surface area contributed by atoms with Gasteiger partial charge < -0.3 is 16.2 Å². The first-order valence-electron chi connectivity index (χ1n) is 8.51. The van der Waals surface area contributed by atoms with Crippen LogP contribution >= 0.6 is 0 Å². The molecule has 2 fully saturated rings. The Morgan fingerprint density at radius 2 is 1.90 bits per heavy atom. The van der Waals surface area contributed by atoms with E-state index < -0.39 is 0 Å². The number of hydrogen-bond acceptors (Lipinski definition) is 3. The predicted octanol–water partition coefficient (Wildman–Crippen LogP) is 2.67. The molecule has 0 aromatic rings. The molecule has 4 atom stereocenters. The fraction of sp³-hybridized carbons (Fsp3) is 1.00. The van der Waals surface area contributed by atoms with Gasteiger partial charge in [-0.3, -0.25) is 0 Å². The molecule has 20 heavy (non-hydrogen) atoms. The Morgan fingerprint density at radius 3 is 2.50 bits per heavy atom. The van der Waals surface area contributed by atoms with Crippen LogP contribution in [0.5, 0.6) is 0 Å². The lowest BCUT2D eigenvalue weighted by Gasteiger charge is -2.51. The molecule has 0 heterocycles. The summed E-state index contributed by atoms with van der Waals surface area (Å²) in [5, 5.41) is 13.5. The molecule has 3 heteroatoms. The molecular weight excluding hydrogens is 248 g/mol. The van der Waals surface area contributed by atoms with Crippen LogP contribution in [-0.2, 0) is 0 Å². The minimum absolute atomic E-state index is 0.0882. The molecule has 4 N–H and O–H groups in total. The van der Waals surface area contributed by atoms with Gasteiger partial charge in [-0.25, -0.2) is 0 Å². The fourth-order valence-corrected chi connectivity index (χ4v) is 4.50. The van der Waals surface area contributed by atoms with Crippen LogP contribution in [0.2, 0.25) is 0 Å². The summed E-state index contributed by atoms with van der Waals surface area (Å²) < 4.78 is 0. The topological polar surface area (TPSA) is 58.3 Å². The Hall–Kier alpha value is -0.120. The van der Waals surface area contributed by atoms with E-state index in [4.69, 9.17) is 5.73 Å². The van der Waals surface area contributed by atoms with Gasteiger partial charge in [-0.1, -0.05) is 33.6 Å². The Balaban J connectivity index is 2.07. The quantitative estimate of drug-likeness (QED) is 0.743. The third-order valence-electron chi connectivity index (χ3n) is 6.03. The molecule has 3 nitrogen and oxygen atoms in total.